The summed E-state index contributed by atoms with van der Waals surface area (Å²) in [7, 11) is -4.02. The number of nitrogens with zero attached hydrogens (tertiary/aromatic N) is 2. The average molecular weight is 495 g/mol. The molecule has 2 heterocycles. The Balaban J connectivity index is 1.43. The first-order chi connectivity index (χ1) is 16.8. The standard InChI is InChI=1S/C26H20F2N2O4S/c27-19-10-11-23(28)22(15-19)18-14-24(17-6-2-1-3-7-17)30(16-18)35(33,34)13-12-29-25(31)20-8-4-5-9-21(20)26(29)32/h1-11,14-15,24H,12-13,16H2. The Hall–Kier alpha value is -3.69. The lowest BCUT2D eigenvalue weighted by Gasteiger charge is -2.25. The van der Waals surface area contributed by atoms with E-state index in [-0.39, 0.29) is 29.8 Å². The van der Waals surface area contributed by atoms with E-state index < -0.39 is 45.3 Å². The summed E-state index contributed by atoms with van der Waals surface area (Å²) in [5.41, 5.74) is 1.46. The molecule has 0 saturated carbocycles. The highest BCUT2D eigenvalue weighted by Crippen LogP contribution is 2.37. The van der Waals surface area contributed by atoms with Gasteiger partial charge in [0.1, 0.15) is 11.6 Å². The lowest BCUT2D eigenvalue weighted by atomic mass is 10.0. The Morgan fingerprint density at radius 2 is 1.46 bits per heavy atom. The largest absolute Gasteiger partial charge is 0.273 e. The minimum atomic E-state index is -4.02. The zero-order valence-electron chi connectivity index (χ0n) is 18.4. The van der Waals surface area contributed by atoms with E-state index in [0.29, 0.717) is 11.1 Å². The number of hydrogen-bond donors (Lipinski definition) is 0. The summed E-state index contributed by atoms with van der Waals surface area (Å²) in [6.45, 7) is -0.499. The molecule has 0 saturated heterocycles. The van der Waals surface area contributed by atoms with Crippen LogP contribution in [0.1, 0.15) is 37.9 Å². The number of halogens is 2. The van der Waals surface area contributed by atoms with E-state index >= 15 is 0 Å². The highest BCUT2D eigenvalue weighted by molar-refractivity contribution is 7.89. The lowest BCUT2D eigenvalue weighted by Crippen LogP contribution is -2.40. The molecule has 3 aromatic rings. The van der Waals surface area contributed by atoms with Gasteiger partial charge in [-0.3, -0.25) is 14.5 Å². The van der Waals surface area contributed by atoms with Crippen LogP contribution >= 0.6 is 0 Å². The summed E-state index contributed by atoms with van der Waals surface area (Å²) in [6, 6.07) is 17.4. The molecule has 1 unspecified atom stereocenters. The Kier molecular flexibility index (Phi) is 5.82. The molecule has 0 radical (unpaired) electrons. The van der Waals surface area contributed by atoms with Crippen molar-refractivity contribution >= 4 is 27.4 Å². The van der Waals surface area contributed by atoms with Crippen LogP contribution in [0, 0.1) is 11.6 Å². The molecule has 35 heavy (non-hydrogen) atoms. The second kappa shape index (κ2) is 8.83. The molecule has 6 nitrogen and oxygen atoms in total. The summed E-state index contributed by atoms with van der Waals surface area (Å²) in [5.74, 6) is -2.88. The van der Waals surface area contributed by atoms with E-state index in [1.165, 1.54) is 16.4 Å². The highest BCUT2D eigenvalue weighted by Gasteiger charge is 2.39. The van der Waals surface area contributed by atoms with E-state index in [4.69, 9.17) is 0 Å². The molecule has 0 fully saturated rings. The Bertz CT molecular complexity index is 1440. The summed E-state index contributed by atoms with van der Waals surface area (Å²) in [4.78, 5) is 26.2. The van der Waals surface area contributed by atoms with Crippen LogP contribution in [0.2, 0.25) is 0 Å². The van der Waals surface area contributed by atoms with Crippen molar-refractivity contribution in [2.45, 2.75) is 6.04 Å². The fourth-order valence-electron chi connectivity index (χ4n) is 4.46. The van der Waals surface area contributed by atoms with E-state index in [9.17, 15) is 26.8 Å². The number of imide groups is 1. The number of sulfonamides is 1. The maximum Gasteiger partial charge on any atom is 0.261 e. The normalized spacial score (nSPS) is 18.2. The quantitative estimate of drug-likeness (QED) is 0.485. The van der Waals surface area contributed by atoms with Crippen molar-refractivity contribution < 1.29 is 26.8 Å². The van der Waals surface area contributed by atoms with Crippen LogP contribution in [0.25, 0.3) is 5.57 Å². The molecule has 2 aliphatic heterocycles. The summed E-state index contributed by atoms with van der Waals surface area (Å²) < 4.78 is 56.4. The van der Waals surface area contributed by atoms with Crippen LogP contribution in [0.5, 0.6) is 0 Å². The third kappa shape index (κ3) is 4.17. The maximum atomic E-state index is 14.5. The van der Waals surface area contributed by atoms with Gasteiger partial charge in [-0.25, -0.2) is 17.2 Å². The van der Waals surface area contributed by atoms with Crippen LogP contribution in [0.4, 0.5) is 8.78 Å². The monoisotopic (exact) mass is 494 g/mol. The van der Waals surface area contributed by atoms with E-state index in [1.54, 1.807) is 48.5 Å². The first-order valence-electron chi connectivity index (χ1n) is 10.9. The number of carbonyl (C=O) groups is 2. The van der Waals surface area contributed by atoms with Crippen molar-refractivity contribution in [1.82, 2.24) is 9.21 Å². The number of benzene rings is 3. The number of fused-ring (bicyclic) bond motifs is 1. The lowest BCUT2D eigenvalue weighted by molar-refractivity contribution is 0.0663. The van der Waals surface area contributed by atoms with E-state index in [2.05, 4.69) is 0 Å². The highest BCUT2D eigenvalue weighted by atomic mass is 32.2. The van der Waals surface area contributed by atoms with Crippen molar-refractivity contribution in [3.8, 4) is 0 Å². The summed E-state index contributed by atoms with van der Waals surface area (Å²) in [6.07, 6.45) is 1.60. The minimum Gasteiger partial charge on any atom is -0.273 e. The third-order valence-corrected chi connectivity index (χ3v) is 7.99. The van der Waals surface area contributed by atoms with E-state index in [1.807, 2.05) is 0 Å². The molecule has 0 bridgehead atoms. The van der Waals surface area contributed by atoms with E-state index in [0.717, 1.165) is 23.1 Å². The predicted octanol–water partition coefficient (Wildman–Crippen LogP) is 4.03. The summed E-state index contributed by atoms with van der Waals surface area (Å²) in [5, 5.41) is 0. The minimum absolute atomic E-state index is 0.0102. The van der Waals surface area contributed by atoms with Crippen molar-refractivity contribution in [3.05, 3.63) is 113 Å². The summed E-state index contributed by atoms with van der Waals surface area (Å²) >= 11 is 0. The van der Waals surface area contributed by atoms with Gasteiger partial charge in [0, 0.05) is 18.7 Å². The molecule has 178 valence electrons. The van der Waals surface area contributed by atoms with Crippen LogP contribution in [0.15, 0.2) is 78.9 Å². The van der Waals surface area contributed by atoms with Gasteiger partial charge in [-0.05, 0) is 41.5 Å². The topological polar surface area (TPSA) is 74.8 Å². The van der Waals surface area contributed by atoms with Crippen LogP contribution in [-0.2, 0) is 10.0 Å². The maximum absolute atomic E-state index is 14.5. The molecule has 0 aliphatic carbocycles. The van der Waals surface area contributed by atoms with Crippen LogP contribution in [-0.4, -0.2) is 48.3 Å². The van der Waals surface area contributed by atoms with Gasteiger partial charge in [0.05, 0.1) is 22.9 Å². The molecule has 0 spiro atoms. The van der Waals surface area contributed by atoms with Crippen molar-refractivity contribution in [3.63, 3.8) is 0 Å². The van der Waals surface area contributed by atoms with Crippen molar-refractivity contribution in [2.24, 2.45) is 0 Å². The van der Waals surface area contributed by atoms with Crippen molar-refractivity contribution in [2.75, 3.05) is 18.8 Å². The van der Waals surface area contributed by atoms with Gasteiger partial charge >= 0.3 is 0 Å². The molecule has 2 aliphatic rings. The van der Waals surface area contributed by atoms with Gasteiger partial charge < -0.3 is 0 Å². The molecule has 0 aromatic heterocycles. The van der Waals surface area contributed by atoms with Crippen LogP contribution < -0.4 is 0 Å². The second-order valence-corrected chi connectivity index (χ2v) is 10.4. The first-order valence-corrected chi connectivity index (χ1v) is 12.5. The van der Waals surface area contributed by atoms with Gasteiger partial charge in [0.2, 0.25) is 10.0 Å². The number of carbonyl (C=O) groups excluding carboxylic acids is 2. The fraction of sp³-hybridized carbons (Fsp3) is 0.154. The Morgan fingerprint density at radius 3 is 2.11 bits per heavy atom. The zero-order valence-corrected chi connectivity index (χ0v) is 19.2. The Labute approximate surface area is 201 Å². The van der Waals surface area contributed by atoms with Gasteiger partial charge in [-0.1, -0.05) is 48.5 Å². The molecule has 1 atom stereocenters. The van der Waals surface area contributed by atoms with Crippen LogP contribution in [0.3, 0.4) is 0 Å². The fourth-order valence-corrected chi connectivity index (χ4v) is 5.97. The number of hydrogen-bond acceptors (Lipinski definition) is 4. The van der Waals surface area contributed by atoms with Gasteiger partial charge in [0.15, 0.2) is 0 Å². The molecule has 0 N–H and O–H groups in total. The van der Waals surface area contributed by atoms with Gasteiger partial charge in [-0.2, -0.15) is 4.31 Å². The molecular formula is C26H20F2N2O4S. The number of rotatable bonds is 6. The zero-order chi connectivity index (χ0) is 24.7. The first kappa shape index (κ1) is 23.1. The third-order valence-electron chi connectivity index (χ3n) is 6.22. The second-order valence-electron chi connectivity index (χ2n) is 8.34. The van der Waals surface area contributed by atoms with Gasteiger partial charge in [-0.15, -0.1) is 0 Å². The number of amides is 2. The smallest absolute Gasteiger partial charge is 0.261 e. The molecular weight excluding hydrogens is 474 g/mol. The molecule has 2 amide bonds. The SMILES string of the molecule is O=C1c2ccccc2C(=O)N1CCS(=O)(=O)N1CC(c2cc(F)ccc2F)=CC1c1ccccc1. The average Bonchev–Trinajstić information content (AvgIpc) is 3.41. The predicted molar refractivity (Wildman–Crippen MR) is 126 cm³/mol. The Morgan fingerprint density at radius 1 is 0.829 bits per heavy atom. The molecule has 3 aromatic carbocycles. The molecule has 5 rings (SSSR count). The van der Waals surface area contributed by atoms with Gasteiger partial charge in [0.25, 0.3) is 11.8 Å². The van der Waals surface area contributed by atoms with Crippen molar-refractivity contribution in [1.29, 1.82) is 0 Å². The molecule has 9 heteroatoms.